The van der Waals surface area contributed by atoms with Crippen LogP contribution in [0.4, 0.5) is 0 Å². The standard InChI is InChI=1S/C15H19N3O2/c1-15(2,6-9-19)10-18-14(20)11-4-3-5-12-13(11)17-8-7-16-12/h3-5,7-8,19H,6,9-10H2,1-2H3,(H,18,20). The van der Waals surface area contributed by atoms with Crippen LogP contribution in [0.5, 0.6) is 0 Å². The molecule has 1 aromatic carbocycles. The lowest BCUT2D eigenvalue weighted by Gasteiger charge is -2.23. The van der Waals surface area contributed by atoms with Crippen molar-refractivity contribution in [3.05, 3.63) is 36.2 Å². The molecule has 0 saturated carbocycles. The van der Waals surface area contributed by atoms with Gasteiger partial charge >= 0.3 is 0 Å². The van der Waals surface area contributed by atoms with Gasteiger partial charge in [-0.2, -0.15) is 0 Å². The third-order valence-electron chi connectivity index (χ3n) is 3.26. The molecule has 0 radical (unpaired) electrons. The fourth-order valence-corrected chi connectivity index (χ4v) is 1.98. The zero-order chi connectivity index (χ0) is 14.6. The van der Waals surface area contributed by atoms with Crippen LogP contribution in [0.3, 0.4) is 0 Å². The zero-order valence-corrected chi connectivity index (χ0v) is 11.8. The van der Waals surface area contributed by atoms with Crippen LogP contribution in [-0.4, -0.2) is 34.1 Å². The van der Waals surface area contributed by atoms with Crippen LogP contribution in [0.2, 0.25) is 0 Å². The maximum absolute atomic E-state index is 12.3. The molecule has 106 valence electrons. The minimum absolute atomic E-state index is 0.114. The van der Waals surface area contributed by atoms with Gasteiger partial charge in [0.15, 0.2) is 0 Å². The van der Waals surface area contributed by atoms with Gasteiger partial charge in [-0.15, -0.1) is 0 Å². The lowest BCUT2D eigenvalue weighted by atomic mass is 9.89. The molecular weight excluding hydrogens is 254 g/mol. The number of aliphatic hydroxyl groups is 1. The zero-order valence-electron chi connectivity index (χ0n) is 11.8. The number of nitrogens with zero attached hydrogens (tertiary/aromatic N) is 2. The number of rotatable bonds is 5. The Labute approximate surface area is 118 Å². The number of amides is 1. The highest BCUT2D eigenvalue weighted by molar-refractivity contribution is 6.04. The molecule has 0 fully saturated rings. The van der Waals surface area contributed by atoms with Crippen molar-refractivity contribution in [2.24, 2.45) is 5.41 Å². The second-order valence-corrected chi connectivity index (χ2v) is 5.55. The van der Waals surface area contributed by atoms with Gasteiger partial charge in [-0.05, 0) is 24.0 Å². The van der Waals surface area contributed by atoms with E-state index >= 15 is 0 Å². The van der Waals surface area contributed by atoms with E-state index in [1.807, 2.05) is 19.9 Å². The first-order valence-electron chi connectivity index (χ1n) is 6.62. The first-order chi connectivity index (χ1) is 9.53. The normalized spacial score (nSPS) is 11.6. The van der Waals surface area contributed by atoms with Crippen molar-refractivity contribution in [3.8, 4) is 0 Å². The maximum Gasteiger partial charge on any atom is 0.253 e. The highest BCUT2D eigenvalue weighted by atomic mass is 16.3. The van der Waals surface area contributed by atoms with Crippen molar-refractivity contribution in [2.45, 2.75) is 20.3 Å². The summed E-state index contributed by atoms with van der Waals surface area (Å²) in [6.45, 7) is 4.63. The molecule has 5 heteroatoms. The summed E-state index contributed by atoms with van der Waals surface area (Å²) in [5.74, 6) is -0.165. The summed E-state index contributed by atoms with van der Waals surface area (Å²) in [5, 5.41) is 11.9. The van der Waals surface area contributed by atoms with Crippen LogP contribution in [0.15, 0.2) is 30.6 Å². The topological polar surface area (TPSA) is 75.1 Å². The molecule has 0 unspecified atom stereocenters. The van der Waals surface area contributed by atoms with Gasteiger partial charge in [0.1, 0.15) is 5.52 Å². The van der Waals surface area contributed by atoms with Crippen molar-refractivity contribution < 1.29 is 9.90 Å². The molecule has 0 atom stereocenters. The summed E-state index contributed by atoms with van der Waals surface area (Å²) >= 11 is 0. The largest absolute Gasteiger partial charge is 0.396 e. The lowest BCUT2D eigenvalue weighted by molar-refractivity contribution is 0.0929. The molecule has 2 N–H and O–H groups in total. The lowest BCUT2D eigenvalue weighted by Crippen LogP contribution is -2.34. The van der Waals surface area contributed by atoms with E-state index in [0.29, 0.717) is 29.6 Å². The van der Waals surface area contributed by atoms with Crippen molar-refractivity contribution >= 4 is 16.9 Å². The van der Waals surface area contributed by atoms with E-state index in [4.69, 9.17) is 5.11 Å². The van der Waals surface area contributed by atoms with Crippen LogP contribution in [0.1, 0.15) is 30.6 Å². The highest BCUT2D eigenvalue weighted by Crippen LogP contribution is 2.19. The van der Waals surface area contributed by atoms with E-state index in [9.17, 15) is 4.79 Å². The molecule has 0 aliphatic rings. The fraction of sp³-hybridized carbons (Fsp3) is 0.400. The monoisotopic (exact) mass is 273 g/mol. The van der Waals surface area contributed by atoms with Crippen LogP contribution >= 0.6 is 0 Å². The molecule has 1 aromatic heterocycles. The molecule has 0 saturated heterocycles. The molecule has 0 spiro atoms. The Morgan fingerprint density at radius 3 is 2.80 bits per heavy atom. The number of hydrogen-bond acceptors (Lipinski definition) is 4. The molecule has 20 heavy (non-hydrogen) atoms. The van der Waals surface area contributed by atoms with Gasteiger partial charge in [-0.1, -0.05) is 19.9 Å². The third-order valence-corrected chi connectivity index (χ3v) is 3.26. The van der Waals surface area contributed by atoms with E-state index in [2.05, 4.69) is 15.3 Å². The maximum atomic E-state index is 12.3. The van der Waals surface area contributed by atoms with Gasteiger partial charge in [0.2, 0.25) is 0 Å². The van der Waals surface area contributed by atoms with E-state index in [1.165, 1.54) is 0 Å². The molecule has 1 amide bonds. The summed E-state index contributed by atoms with van der Waals surface area (Å²) < 4.78 is 0. The molecule has 0 bridgehead atoms. The Hall–Kier alpha value is -2.01. The highest BCUT2D eigenvalue weighted by Gasteiger charge is 2.19. The minimum atomic E-state index is -0.165. The van der Waals surface area contributed by atoms with Gasteiger partial charge in [-0.25, -0.2) is 0 Å². The summed E-state index contributed by atoms with van der Waals surface area (Å²) in [6, 6.07) is 5.37. The molecule has 0 aliphatic carbocycles. The molecule has 5 nitrogen and oxygen atoms in total. The van der Waals surface area contributed by atoms with E-state index in [-0.39, 0.29) is 17.9 Å². The fourth-order valence-electron chi connectivity index (χ4n) is 1.98. The van der Waals surface area contributed by atoms with Crippen molar-refractivity contribution in [2.75, 3.05) is 13.2 Å². The summed E-state index contributed by atoms with van der Waals surface area (Å²) in [7, 11) is 0. The van der Waals surface area contributed by atoms with Crippen molar-refractivity contribution in [1.82, 2.24) is 15.3 Å². The SMILES string of the molecule is CC(C)(CCO)CNC(=O)c1cccc2nccnc12. The van der Waals surface area contributed by atoms with E-state index in [0.717, 1.165) is 0 Å². The smallest absolute Gasteiger partial charge is 0.253 e. The number of carbonyl (C=O) groups is 1. The molecule has 2 rings (SSSR count). The second kappa shape index (κ2) is 5.96. The number of para-hydroxylation sites is 1. The number of aliphatic hydroxyl groups excluding tert-OH is 1. The number of nitrogens with one attached hydrogen (secondary N) is 1. The summed E-state index contributed by atoms with van der Waals surface area (Å²) in [4.78, 5) is 20.7. The average Bonchev–Trinajstić information content (AvgIpc) is 2.44. The second-order valence-electron chi connectivity index (χ2n) is 5.55. The van der Waals surface area contributed by atoms with Gasteiger partial charge in [0, 0.05) is 25.5 Å². The predicted octanol–water partition coefficient (Wildman–Crippen LogP) is 1.77. The average molecular weight is 273 g/mol. The first-order valence-corrected chi connectivity index (χ1v) is 6.62. The van der Waals surface area contributed by atoms with Gasteiger partial charge in [-0.3, -0.25) is 14.8 Å². The summed E-state index contributed by atoms with van der Waals surface area (Å²) in [5.41, 5.74) is 1.69. The predicted molar refractivity (Wildman–Crippen MR) is 77.4 cm³/mol. The number of fused-ring (bicyclic) bond motifs is 1. The number of carbonyl (C=O) groups excluding carboxylic acids is 1. The Morgan fingerprint density at radius 1 is 1.30 bits per heavy atom. The van der Waals surface area contributed by atoms with Crippen LogP contribution in [0, 0.1) is 5.41 Å². The van der Waals surface area contributed by atoms with E-state index in [1.54, 1.807) is 24.5 Å². The first kappa shape index (κ1) is 14.4. The molecular formula is C15H19N3O2. The van der Waals surface area contributed by atoms with Crippen molar-refractivity contribution in [1.29, 1.82) is 0 Å². The Balaban J connectivity index is 2.16. The van der Waals surface area contributed by atoms with Crippen LogP contribution in [-0.2, 0) is 0 Å². The van der Waals surface area contributed by atoms with Crippen LogP contribution in [0.25, 0.3) is 11.0 Å². The van der Waals surface area contributed by atoms with Gasteiger partial charge in [0.25, 0.3) is 5.91 Å². The third kappa shape index (κ3) is 3.30. The van der Waals surface area contributed by atoms with Crippen LogP contribution < -0.4 is 5.32 Å². The number of aromatic nitrogens is 2. The van der Waals surface area contributed by atoms with Gasteiger partial charge in [0.05, 0.1) is 11.1 Å². The number of hydrogen-bond donors (Lipinski definition) is 2. The quantitative estimate of drug-likeness (QED) is 0.870. The minimum Gasteiger partial charge on any atom is -0.396 e. The van der Waals surface area contributed by atoms with Gasteiger partial charge < -0.3 is 10.4 Å². The Bertz CT molecular complexity index is 606. The van der Waals surface area contributed by atoms with Crippen molar-refractivity contribution in [3.63, 3.8) is 0 Å². The Kier molecular flexibility index (Phi) is 4.29. The number of benzene rings is 1. The van der Waals surface area contributed by atoms with E-state index < -0.39 is 0 Å². The molecule has 0 aliphatic heterocycles. The molecule has 2 aromatic rings. The molecule has 1 heterocycles. The Morgan fingerprint density at radius 2 is 2.05 bits per heavy atom. The summed E-state index contributed by atoms with van der Waals surface area (Å²) in [6.07, 6.45) is 3.83.